The van der Waals surface area contributed by atoms with Gasteiger partial charge in [0.1, 0.15) is 0 Å². The molecule has 0 amide bonds. The van der Waals surface area contributed by atoms with E-state index >= 15 is 0 Å². The van der Waals surface area contributed by atoms with Gasteiger partial charge in [-0.05, 0) is 26.7 Å². The Bertz CT molecular complexity index is 273. The molecule has 1 unspecified atom stereocenters. The molecule has 0 aliphatic carbocycles. The van der Waals surface area contributed by atoms with Crippen LogP contribution in [-0.4, -0.2) is 23.0 Å². The number of aromatic nitrogens is 2. The molecule has 0 fully saturated rings. The van der Waals surface area contributed by atoms with E-state index in [0.29, 0.717) is 0 Å². The third kappa shape index (κ3) is 4.01. The summed E-state index contributed by atoms with van der Waals surface area (Å²) in [7, 11) is 0. The lowest BCUT2D eigenvalue weighted by Crippen LogP contribution is -2.10. The fourth-order valence-electron chi connectivity index (χ4n) is 1.46. The van der Waals surface area contributed by atoms with E-state index < -0.39 is 0 Å². The highest BCUT2D eigenvalue weighted by Gasteiger charge is 2.07. The minimum atomic E-state index is 0.0887. The molecule has 1 heterocycles. The van der Waals surface area contributed by atoms with Crippen molar-refractivity contribution in [3.05, 3.63) is 18.0 Å². The summed E-state index contributed by atoms with van der Waals surface area (Å²) in [4.78, 5) is 0. The molecule has 4 nitrogen and oxygen atoms in total. The summed E-state index contributed by atoms with van der Waals surface area (Å²) in [5, 5.41) is 4.21. The zero-order chi connectivity index (χ0) is 11.1. The van der Waals surface area contributed by atoms with Crippen LogP contribution in [0.3, 0.4) is 0 Å². The Morgan fingerprint density at radius 2 is 2.33 bits per heavy atom. The molecule has 0 aliphatic heterocycles. The van der Waals surface area contributed by atoms with Gasteiger partial charge in [0.2, 0.25) is 0 Å². The summed E-state index contributed by atoms with van der Waals surface area (Å²) >= 11 is 0. The monoisotopic (exact) mass is 211 g/mol. The van der Waals surface area contributed by atoms with E-state index in [9.17, 15) is 0 Å². The first kappa shape index (κ1) is 12.2. The Morgan fingerprint density at radius 1 is 1.53 bits per heavy atom. The van der Waals surface area contributed by atoms with Gasteiger partial charge in [-0.1, -0.05) is 0 Å². The first-order valence-electron chi connectivity index (χ1n) is 5.63. The minimum absolute atomic E-state index is 0.0887. The lowest BCUT2D eigenvalue weighted by molar-refractivity contribution is 0.142. The van der Waals surface area contributed by atoms with Crippen molar-refractivity contribution in [1.29, 1.82) is 0 Å². The first-order valence-corrected chi connectivity index (χ1v) is 5.63. The van der Waals surface area contributed by atoms with E-state index in [1.807, 2.05) is 24.0 Å². The van der Waals surface area contributed by atoms with Gasteiger partial charge in [-0.25, -0.2) is 0 Å². The van der Waals surface area contributed by atoms with E-state index in [4.69, 9.17) is 10.5 Å². The van der Waals surface area contributed by atoms with E-state index in [1.54, 1.807) is 0 Å². The highest BCUT2D eigenvalue weighted by atomic mass is 16.5. The quantitative estimate of drug-likeness (QED) is 0.699. The van der Waals surface area contributed by atoms with Crippen LogP contribution < -0.4 is 5.73 Å². The fraction of sp³-hybridized carbons (Fsp3) is 0.727. The van der Waals surface area contributed by atoms with Crippen LogP contribution in [0.15, 0.2) is 12.4 Å². The Morgan fingerprint density at radius 3 is 2.93 bits per heavy atom. The van der Waals surface area contributed by atoms with Crippen molar-refractivity contribution < 1.29 is 4.74 Å². The van der Waals surface area contributed by atoms with E-state index in [1.165, 1.54) is 0 Å². The van der Waals surface area contributed by atoms with Gasteiger partial charge in [-0.2, -0.15) is 5.10 Å². The Balaban J connectivity index is 2.29. The molecule has 2 N–H and O–H groups in total. The van der Waals surface area contributed by atoms with Gasteiger partial charge in [0, 0.05) is 37.6 Å². The van der Waals surface area contributed by atoms with Crippen LogP contribution in [0.1, 0.15) is 38.3 Å². The average Bonchev–Trinajstić information content (AvgIpc) is 2.72. The predicted molar refractivity (Wildman–Crippen MR) is 60.6 cm³/mol. The van der Waals surface area contributed by atoms with Crippen molar-refractivity contribution in [3.8, 4) is 0 Å². The maximum absolute atomic E-state index is 6.04. The van der Waals surface area contributed by atoms with Gasteiger partial charge in [0.15, 0.2) is 0 Å². The molecule has 86 valence electrons. The van der Waals surface area contributed by atoms with E-state index in [2.05, 4.69) is 12.0 Å². The zero-order valence-electron chi connectivity index (χ0n) is 9.65. The predicted octanol–water partition coefficient (Wildman–Crippen LogP) is 1.72. The SMILES string of the molecule is CCOCCCC(N)c1cnn(CC)c1. The summed E-state index contributed by atoms with van der Waals surface area (Å²) in [5.74, 6) is 0. The second-order valence-electron chi connectivity index (χ2n) is 3.58. The van der Waals surface area contributed by atoms with Gasteiger partial charge >= 0.3 is 0 Å². The molecular formula is C11H21N3O. The zero-order valence-corrected chi connectivity index (χ0v) is 9.65. The Hall–Kier alpha value is -0.870. The van der Waals surface area contributed by atoms with Gasteiger partial charge in [-0.15, -0.1) is 0 Å². The molecule has 0 radical (unpaired) electrons. The van der Waals surface area contributed by atoms with Crippen LogP contribution >= 0.6 is 0 Å². The molecule has 15 heavy (non-hydrogen) atoms. The first-order chi connectivity index (χ1) is 7.27. The second kappa shape index (κ2) is 6.58. The molecule has 0 aromatic carbocycles. The van der Waals surface area contributed by atoms with E-state index in [0.717, 1.165) is 38.2 Å². The van der Waals surface area contributed by atoms with Crippen molar-refractivity contribution >= 4 is 0 Å². The number of nitrogens with two attached hydrogens (primary N) is 1. The van der Waals surface area contributed by atoms with Crippen LogP contribution in [0.4, 0.5) is 0 Å². The summed E-state index contributed by atoms with van der Waals surface area (Å²) in [6.45, 7) is 6.55. The van der Waals surface area contributed by atoms with Crippen molar-refractivity contribution in [2.45, 2.75) is 39.3 Å². The molecule has 1 atom stereocenters. The number of rotatable bonds is 7. The lowest BCUT2D eigenvalue weighted by Gasteiger charge is -2.08. The smallest absolute Gasteiger partial charge is 0.0537 e. The Kier molecular flexibility index (Phi) is 5.36. The van der Waals surface area contributed by atoms with Gasteiger partial charge in [0.25, 0.3) is 0 Å². The summed E-state index contributed by atoms with van der Waals surface area (Å²) in [5.41, 5.74) is 7.16. The Labute approximate surface area is 91.4 Å². The number of hydrogen-bond acceptors (Lipinski definition) is 3. The van der Waals surface area contributed by atoms with Crippen LogP contribution in [0, 0.1) is 0 Å². The molecular weight excluding hydrogens is 190 g/mol. The molecule has 0 saturated carbocycles. The maximum Gasteiger partial charge on any atom is 0.0537 e. The summed E-state index contributed by atoms with van der Waals surface area (Å²) < 4.78 is 7.17. The van der Waals surface area contributed by atoms with Crippen LogP contribution in [0.2, 0.25) is 0 Å². The van der Waals surface area contributed by atoms with Gasteiger partial charge in [0.05, 0.1) is 6.20 Å². The van der Waals surface area contributed by atoms with E-state index in [-0.39, 0.29) is 6.04 Å². The van der Waals surface area contributed by atoms with Gasteiger partial charge in [-0.3, -0.25) is 4.68 Å². The summed E-state index contributed by atoms with van der Waals surface area (Å²) in [6, 6.07) is 0.0887. The average molecular weight is 211 g/mol. The van der Waals surface area contributed by atoms with Crippen LogP contribution in [0.5, 0.6) is 0 Å². The second-order valence-corrected chi connectivity index (χ2v) is 3.58. The number of ether oxygens (including phenoxy) is 1. The molecule has 1 aromatic heterocycles. The number of hydrogen-bond donors (Lipinski definition) is 1. The topological polar surface area (TPSA) is 53.1 Å². The highest BCUT2D eigenvalue weighted by Crippen LogP contribution is 2.14. The number of nitrogens with zero attached hydrogens (tertiary/aromatic N) is 2. The highest BCUT2D eigenvalue weighted by molar-refractivity contribution is 5.09. The van der Waals surface area contributed by atoms with Crippen molar-refractivity contribution in [3.63, 3.8) is 0 Å². The maximum atomic E-state index is 6.04. The minimum Gasteiger partial charge on any atom is -0.382 e. The van der Waals surface area contributed by atoms with Crippen LogP contribution in [0.25, 0.3) is 0 Å². The molecule has 1 aromatic rings. The van der Waals surface area contributed by atoms with Crippen molar-refractivity contribution in [2.75, 3.05) is 13.2 Å². The fourth-order valence-corrected chi connectivity index (χ4v) is 1.46. The van der Waals surface area contributed by atoms with Crippen molar-refractivity contribution in [2.24, 2.45) is 5.73 Å². The van der Waals surface area contributed by atoms with Gasteiger partial charge < -0.3 is 10.5 Å². The molecule has 0 spiro atoms. The molecule has 0 saturated heterocycles. The standard InChI is InChI=1S/C11H21N3O/c1-3-14-9-10(8-13-14)11(12)6-5-7-15-4-2/h8-9,11H,3-7,12H2,1-2H3. The number of aryl methyl sites for hydroxylation is 1. The summed E-state index contributed by atoms with van der Waals surface area (Å²) in [6.07, 6.45) is 5.84. The third-order valence-electron chi connectivity index (χ3n) is 2.41. The third-order valence-corrected chi connectivity index (χ3v) is 2.41. The van der Waals surface area contributed by atoms with Crippen molar-refractivity contribution in [1.82, 2.24) is 9.78 Å². The molecule has 0 bridgehead atoms. The molecule has 4 heteroatoms. The largest absolute Gasteiger partial charge is 0.382 e. The lowest BCUT2D eigenvalue weighted by atomic mass is 10.1. The van der Waals surface area contributed by atoms with Crippen LogP contribution in [-0.2, 0) is 11.3 Å². The molecule has 1 rings (SSSR count). The molecule has 0 aliphatic rings. The normalized spacial score (nSPS) is 13.0.